The lowest BCUT2D eigenvalue weighted by atomic mass is 9.62. The summed E-state index contributed by atoms with van der Waals surface area (Å²) >= 11 is 0. The summed E-state index contributed by atoms with van der Waals surface area (Å²) < 4.78 is 6.53. The lowest BCUT2D eigenvalue weighted by Gasteiger charge is -2.41. The van der Waals surface area contributed by atoms with Crippen LogP contribution in [0.1, 0.15) is 79.6 Å². The van der Waals surface area contributed by atoms with Crippen molar-refractivity contribution in [2.45, 2.75) is 97.7 Å². The standard InChI is InChI=1S/C24H40O2Si/c1-17(20-12-13-21-22(25)9-8-14-24(20,21)5)15-18-10-11-19(16-18)26-27(6,7)23(2,3)4/h15-17,20-21H,8-14H2,1-7H3/b18-15+/t17-,20-,21?,24-/m1/s1. The molecule has 3 aliphatic carbocycles. The first kappa shape index (κ1) is 20.9. The molecule has 27 heavy (non-hydrogen) atoms. The first-order valence-electron chi connectivity index (χ1n) is 11.1. The highest BCUT2D eigenvalue weighted by molar-refractivity contribution is 6.74. The van der Waals surface area contributed by atoms with Crippen molar-refractivity contribution in [2.75, 3.05) is 0 Å². The molecule has 3 heteroatoms. The van der Waals surface area contributed by atoms with Crippen LogP contribution in [0, 0.1) is 23.2 Å². The van der Waals surface area contributed by atoms with Crippen LogP contribution in [-0.2, 0) is 9.22 Å². The third kappa shape index (κ3) is 3.99. The second-order valence-corrected chi connectivity index (χ2v) is 15.9. The minimum atomic E-state index is -1.74. The highest BCUT2D eigenvalue weighted by Gasteiger charge is 2.52. The molecule has 0 heterocycles. The van der Waals surface area contributed by atoms with Gasteiger partial charge in [-0.3, -0.25) is 4.79 Å². The van der Waals surface area contributed by atoms with Gasteiger partial charge in [0, 0.05) is 18.8 Å². The number of hydrogen-bond donors (Lipinski definition) is 0. The van der Waals surface area contributed by atoms with Crippen molar-refractivity contribution in [1.82, 2.24) is 0 Å². The molecule has 1 unspecified atom stereocenters. The largest absolute Gasteiger partial charge is 0.546 e. The molecule has 0 N–H and O–H groups in total. The van der Waals surface area contributed by atoms with Crippen molar-refractivity contribution < 1.29 is 9.22 Å². The van der Waals surface area contributed by atoms with E-state index in [0.717, 1.165) is 32.1 Å². The van der Waals surface area contributed by atoms with Gasteiger partial charge in [-0.15, -0.1) is 0 Å². The van der Waals surface area contributed by atoms with Crippen LogP contribution in [0.3, 0.4) is 0 Å². The fourth-order valence-corrected chi connectivity index (χ4v) is 6.72. The van der Waals surface area contributed by atoms with Crippen LogP contribution in [-0.4, -0.2) is 14.1 Å². The molecule has 152 valence electrons. The average molecular weight is 389 g/mol. The number of rotatable bonds is 4. The molecule has 0 bridgehead atoms. The van der Waals surface area contributed by atoms with Gasteiger partial charge in [0.2, 0.25) is 8.32 Å². The van der Waals surface area contributed by atoms with Crippen LogP contribution >= 0.6 is 0 Å². The number of hydrogen-bond acceptors (Lipinski definition) is 2. The zero-order valence-corrected chi connectivity index (χ0v) is 19.7. The summed E-state index contributed by atoms with van der Waals surface area (Å²) in [6.07, 6.45) is 12.5. The maximum absolute atomic E-state index is 12.4. The molecule has 0 aromatic carbocycles. The molecule has 0 radical (unpaired) electrons. The Morgan fingerprint density at radius 1 is 1.22 bits per heavy atom. The Bertz CT molecular complexity index is 652. The molecular formula is C24H40O2Si. The maximum Gasteiger partial charge on any atom is 0.250 e. The Morgan fingerprint density at radius 3 is 2.59 bits per heavy atom. The molecule has 3 rings (SSSR count). The fourth-order valence-electron chi connectivity index (χ4n) is 5.60. The third-order valence-electron chi connectivity index (χ3n) is 8.25. The smallest absolute Gasteiger partial charge is 0.250 e. The normalized spacial score (nSPS) is 34.6. The van der Waals surface area contributed by atoms with Gasteiger partial charge >= 0.3 is 0 Å². The summed E-state index contributed by atoms with van der Waals surface area (Å²) in [6, 6.07) is 0. The summed E-state index contributed by atoms with van der Waals surface area (Å²) in [5, 5.41) is 0.245. The van der Waals surface area contributed by atoms with E-state index in [2.05, 4.69) is 59.9 Å². The summed E-state index contributed by atoms with van der Waals surface area (Å²) in [5.74, 6) is 3.26. The molecule has 0 amide bonds. The molecule has 3 aliphatic rings. The lowest BCUT2D eigenvalue weighted by Crippen LogP contribution is -2.40. The van der Waals surface area contributed by atoms with Gasteiger partial charge in [-0.2, -0.15) is 0 Å². The van der Waals surface area contributed by atoms with Gasteiger partial charge in [-0.25, -0.2) is 0 Å². The fraction of sp³-hybridized carbons (Fsp3) is 0.792. The van der Waals surface area contributed by atoms with Gasteiger partial charge < -0.3 is 4.43 Å². The minimum absolute atomic E-state index is 0.231. The number of Topliss-reactive ketones (excluding diaryl/α,β-unsaturated/α-hetero) is 1. The van der Waals surface area contributed by atoms with Crippen molar-refractivity contribution in [3.63, 3.8) is 0 Å². The molecule has 0 aromatic heterocycles. The van der Waals surface area contributed by atoms with Crippen LogP contribution in [0.5, 0.6) is 0 Å². The zero-order valence-electron chi connectivity index (χ0n) is 18.7. The van der Waals surface area contributed by atoms with E-state index < -0.39 is 8.32 Å². The first-order valence-corrected chi connectivity index (χ1v) is 14.0. The number of fused-ring (bicyclic) bond motifs is 1. The van der Waals surface area contributed by atoms with E-state index in [9.17, 15) is 4.79 Å². The Morgan fingerprint density at radius 2 is 1.93 bits per heavy atom. The highest BCUT2D eigenvalue weighted by Crippen LogP contribution is 2.57. The predicted octanol–water partition coefficient (Wildman–Crippen LogP) is 7.03. The molecule has 0 saturated heterocycles. The molecule has 2 nitrogen and oxygen atoms in total. The number of carbonyl (C=O) groups excluding carboxylic acids is 1. The van der Waals surface area contributed by atoms with Crippen LogP contribution in [0.4, 0.5) is 0 Å². The van der Waals surface area contributed by atoms with Gasteiger partial charge in [-0.05, 0) is 79.1 Å². The molecule has 2 fully saturated rings. The van der Waals surface area contributed by atoms with E-state index in [1.165, 1.54) is 24.2 Å². The summed E-state index contributed by atoms with van der Waals surface area (Å²) in [6.45, 7) is 16.3. The Kier molecular flexibility index (Phi) is 5.57. The first-order chi connectivity index (χ1) is 12.4. The Balaban J connectivity index is 1.70. The second kappa shape index (κ2) is 7.20. The molecule has 0 spiro atoms. The number of carbonyl (C=O) groups is 1. The van der Waals surface area contributed by atoms with Crippen LogP contribution in [0.15, 0.2) is 23.5 Å². The molecule has 2 saturated carbocycles. The lowest BCUT2D eigenvalue weighted by molar-refractivity contribution is -0.129. The summed E-state index contributed by atoms with van der Waals surface area (Å²) in [7, 11) is -1.74. The van der Waals surface area contributed by atoms with E-state index >= 15 is 0 Å². The third-order valence-corrected chi connectivity index (χ3v) is 12.6. The molecule has 0 aliphatic heterocycles. The average Bonchev–Trinajstić information content (AvgIpc) is 3.10. The van der Waals surface area contributed by atoms with E-state index in [1.54, 1.807) is 0 Å². The van der Waals surface area contributed by atoms with Crippen molar-refractivity contribution in [1.29, 1.82) is 0 Å². The van der Waals surface area contributed by atoms with Crippen molar-refractivity contribution >= 4 is 14.1 Å². The summed E-state index contributed by atoms with van der Waals surface area (Å²) in [5.41, 5.74) is 1.68. The Labute approximate surface area is 168 Å². The van der Waals surface area contributed by atoms with Gasteiger partial charge in [-0.1, -0.05) is 40.7 Å². The SMILES string of the molecule is C[C@H](/C=C1/C=C(O[Si](C)(C)C(C)(C)C)CC1)[C@H]1CCC2C(=O)CCC[C@@]21C. The zero-order chi connectivity index (χ0) is 20.0. The highest BCUT2D eigenvalue weighted by atomic mass is 28.4. The van der Waals surface area contributed by atoms with Crippen LogP contribution in [0.2, 0.25) is 18.1 Å². The van der Waals surface area contributed by atoms with Crippen molar-refractivity contribution in [2.24, 2.45) is 23.2 Å². The van der Waals surface area contributed by atoms with E-state index in [4.69, 9.17) is 4.43 Å². The van der Waals surface area contributed by atoms with Gasteiger partial charge in [0.15, 0.2) is 0 Å². The van der Waals surface area contributed by atoms with Crippen LogP contribution in [0.25, 0.3) is 0 Å². The predicted molar refractivity (Wildman–Crippen MR) is 116 cm³/mol. The topological polar surface area (TPSA) is 26.3 Å². The Hall–Kier alpha value is -0.833. The summed E-state index contributed by atoms with van der Waals surface area (Å²) in [4.78, 5) is 12.4. The van der Waals surface area contributed by atoms with Crippen LogP contribution < -0.4 is 0 Å². The van der Waals surface area contributed by atoms with E-state index in [-0.39, 0.29) is 10.5 Å². The molecule has 4 atom stereocenters. The van der Waals surface area contributed by atoms with Gasteiger partial charge in [0.05, 0.1) is 5.76 Å². The van der Waals surface area contributed by atoms with Crippen molar-refractivity contribution in [3.05, 3.63) is 23.5 Å². The second-order valence-electron chi connectivity index (χ2n) is 11.1. The quantitative estimate of drug-likeness (QED) is 0.483. The van der Waals surface area contributed by atoms with Gasteiger partial charge in [0.25, 0.3) is 0 Å². The number of allylic oxidation sites excluding steroid dienone is 4. The van der Waals surface area contributed by atoms with E-state index in [1.807, 2.05) is 0 Å². The monoisotopic (exact) mass is 388 g/mol. The number of ketones is 1. The minimum Gasteiger partial charge on any atom is -0.546 e. The van der Waals surface area contributed by atoms with Crippen molar-refractivity contribution in [3.8, 4) is 0 Å². The maximum atomic E-state index is 12.4. The van der Waals surface area contributed by atoms with Gasteiger partial charge in [0.1, 0.15) is 5.78 Å². The molecule has 0 aromatic rings. The van der Waals surface area contributed by atoms with E-state index in [0.29, 0.717) is 23.5 Å². The molecular weight excluding hydrogens is 348 g/mol.